The largest absolute Gasteiger partial charge is 0.469 e. The Balaban J connectivity index is 1.89. The quantitative estimate of drug-likeness (QED) is 0.718. The van der Waals surface area contributed by atoms with Crippen molar-refractivity contribution in [1.29, 1.82) is 0 Å². The molecule has 0 spiro atoms. The standard InChI is InChI=1S/C15H19NO2/c1-18-15(17)11-8-13-12-5-3-2-4-10(12)6-7-14(13)16-9-11/h2-5,10-11,14,16H,6-9H2,1H3. The number of rotatable bonds is 1. The van der Waals surface area contributed by atoms with Crippen molar-refractivity contribution in [3.63, 3.8) is 0 Å². The minimum absolute atomic E-state index is 0.0215. The Hall–Kier alpha value is -1.35. The summed E-state index contributed by atoms with van der Waals surface area (Å²) in [5.41, 5.74) is 2.85. The van der Waals surface area contributed by atoms with E-state index in [4.69, 9.17) is 4.74 Å². The number of ether oxygens (including phenoxy) is 1. The number of hydrogen-bond acceptors (Lipinski definition) is 3. The molecule has 3 heteroatoms. The molecule has 3 atom stereocenters. The smallest absolute Gasteiger partial charge is 0.310 e. The van der Waals surface area contributed by atoms with Gasteiger partial charge in [0.15, 0.2) is 0 Å². The Kier molecular flexibility index (Phi) is 3.08. The fraction of sp³-hybridized carbons (Fsp3) is 0.533. The molecular formula is C15H19NO2. The lowest BCUT2D eigenvalue weighted by molar-refractivity contribution is -0.145. The van der Waals surface area contributed by atoms with Gasteiger partial charge in [-0.15, -0.1) is 0 Å². The fourth-order valence-electron chi connectivity index (χ4n) is 3.34. The molecule has 0 aromatic heterocycles. The SMILES string of the molecule is COC(=O)C1CNC2CCC3C=CC=CC3=C2C1. The molecule has 18 heavy (non-hydrogen) atoms. The molecule has 0 aromatic carbocycles. The molecule has 0 amide bonds. The molecule has 1 saturated heterocycles. The molecule has 0 aromatic rings. The molecule has 1 heterocycles. The highest BCUT2D eigenvalue weighted by Gasteiger charge is 2.35. The molecule has 0 saturated carbocycles. The summed E-state index contributed by atoms with van der Waals surface area (Å²) < 4.78 is 4.87. The van der Waals surface area contributed by atoms with Crippen LogP contribution in [0.4, 0.5) is 0 Å². The fourth-order valence-corrected chi connectivity index (χ4v) is 3.34. The summed E-state index contributed by atoms with van der Waals surface area (Å²) in [5, 5.41) is 3.50. The van der Waals surface area contributed by atoms with Gasteiger partial charge in [-0.25, -0.2) is 0 Å². The number of carbonyl (C=O) groups is 1. The normalized spacial score (nSPS) is 33.9. The second kappa shape index (κ2) is 4.73. The molecule has 3 aliphatic rings. The maximum Gasteiger partial charge on any atom is 0.310 e. The van der Waals surface area contributed by atoms with Gasteiger partial charge in [-0.1, -0.05) is 24.3 Å². The zero-order valence-electron chi connectivity index (χ0n) is 10.7. The maximum atomic E-state index is 11.7. The van der Waals surface area contributed by atoms with Crippen LogP contribution in [0.5, 0.6) is 0 Å². The van der Waals surface area contributed by atoms with Gasteiger partial charge in [-0.2, -0.15) is 0 Å². The lowest BCUT2D eigenvalue weighted by Crippen LogP contribution is -2.46. The van der Waals surface area contributed by atoms with E-state index < -0.39 is 0 Å². The predicted octanol–water partition coefficient (Wildman–Crippen LogP) is 1.97. The van der Waals surface area contributed by atoms with E-state index in [2.05, 4.69) is 29.6 Å². The first-order valence-electron chi connectivity index (χ1n) is 6.68. The monoisotopic (exact) mass is 245 g/mol. The van der Waals surface area contributed by atoms with E-state index in [0.717, 1.165) is 13.0 Å². The average molecular weight is 245 g/mol. The van der Waals surface area contributed by atoms with E-state index >= 15 is 0 Å². The molecule has 3 nitrogen and oxygen atoms in total. The van der Waals surface area contributed by atoms with Crippen molar-refractivity contribution in [2.45, 2.75) is 25.3 Å². The molecule has 1 fully saturated rings. The van der Waals surface area contributed by atoms with E-state index in [0.29, 0.717) is 12.0 Å². The Morgan fingerprint density at radius 3 is 3.11 bits per heavy atom. The van der Waals surface area contributed by atoms with Gasteiger partial charge in [-0.3, -0.25) is 4.79 Å². The highest BCUT2D eigenvalue weighted by Crippen LogP contribution is 2.38. The Morgan fingerprint density at radius 2 is 2.28 bits per heavy atom. The number of fused-ring (bicyclic) bond motifs is 2. The number of esters is 1. The molecule has 1 aliphatic heterocycles. The Bertz CT molecular complexity index is 447. The van der Waals surface area contributed by atoms with Crippen LogP contribution in [-0.2, 0) is 9.53 Å². The number of piperidine rings is 1. The average Bonchev–Trinajstić information content (AvgIpc) is 2.45. The summed E-state index contributed by atoms with van der Waals surface area (Å²) in [6, 6.07) is 0.466. The Labute approximate surface area is 108 Å². The van der Waals surface area contributed by atoms with Crippen LogP contribution >= 0.6 is 0 Å². The lowest BCUT2D eigenvalue weighted by Gasteiger charge is -2.38. The van der Waals surface area contributed by atoms with Gasteiger partial charge in [0.2, 0.25) is 0 Å². The van der Waals surface area contributed by atoms with Crippen molar-refractivity contribution in [2.75, 3.05) is 13.7 Å². The van der Waals surface area contributed by atoms with Crippen molar-refractivity contribution in [1.82, 2.24) is 5.32 Å². The molecule has 0 radical (unpaired) electrons. The van der Waals surface area contributed by atoms with E-state index in [9.17, 15) is 4.79 Å². The minimum atomic E-state index is -0.0912. The van der Waals surface area contributed by atoms with Crippen molar-refractivity contribution in [3.05, 3.63) is 35.5 Å². The third kappa shape index (κ3) is 1.93. The topological polar surface area (TPSA) is 38.3 Å². The van der Waals surface area contributed by atoms with Crippen LogP contribution in [0.15, 0.2) is 35.5 Å². The van der Waals surface area contributed by atoms with Crippen molar-refractivity contribution >= 4 is 5.97 Å². The summed E-state index contributed by atoms with van der Waals surface area (Å²) >= 11 is 0. The van der Waals surface area contributed by atoms with Crippen LogP contribution in [0, 0.1) is 11.8 Å². The molecule has 1 N–H and O–H groups in total. The summed E-state index contributed by atoms with van der Waals surface area (Å²) in [6.07, 6.45) is 12.0. The zero-order valence-corrected chi connectivity index (χ0v) is 10.7. The Morgan fingerprint density at radius 1 is 1.39 bits per heavy atom. The van der Waals surface area contributed by atoms with Crippen LogP contribution in [0.1, 0.15) is 19.3 Å². The van der Waals surface area contributed by atoms with Gasteiger partial charge < -0.3 is 10.1 Å². The first-order chi connectivity index (χ1) is 8.79. The molecular weight excluding hydrogens is 226 g/mol. The number of methoxy groups -OCH3 is 1. The minimum Gasteiger partial charge on any atom is -0.469 e. The van der Waals surface area contributed by atoms with Gasteiger partial charge in [0, 0.05) is 18.5 Å². The maximum absolute atomic E-state index is 11.7. The highest BCUT2D eigenvalue weighted by atomic mass is 16.5. The second-order valence-electron chi connectivity index (χ2n) is 5.29. The number of hydrogen-bond donors (Lipinski definition) is 1. The van der Waals surface area contributed by atoms with E-state index in [1.807, 2.05) is 0 Å². The second-order valence-corrected chi connectivity index (χ2v) is 5.29. The molecule has 2 aliphatic carbocycles. The summed E-state index contributed by atoms with van der Waals surface area (Å²) in [7, 11) is 1.47. The number of allylic oxidation sites excluding steroid dienone is 5. The van der Waals surface area contributed by atoms with Crippen molar-refractivity contribution in [2.24, 2.45) is 11.8 Å². The van der Waals surface area contributed by atoms with Gasteiger partial charge in [0.25, 0.3) is 0 Å². The predicted molar refractivity (Wildman–Crippen MR) is 69.9 cm³/mol. The zero-order chi connectivity index (χ0) is 12.5. The van der Waals surface area contributed by atoms with Gasteiger partial charge >= 0.3 is 5.97 Å². The van der Waals surface area contributed by atoms with E-state index in [-0.39, 0.29) is 11.9 Å². The molecule has 96 valence electrons. The van der Waals surface area contributed by atoms with E-state index in [1.54, 1.807) is 0 Å². The van der Waals surface area contributed by atoms with E-state index in [1.165, 1.54) is 31.1 Å². The van der Waals surface area contributed by atoms with Crippen LogP contribution < -0.4 is 5.32 Å². The van der Waals surface area contributed by atoms with Gasteiger partial charge in [0.05, 0.1) is 13.0 Å². The third-order valence-electron chi connectivity index (χ3n) is 4.30. The van der Waals surface area contributed by atoms with Crippen LogP contribution in [0.25, 0.3) is 0 Å². The highest BCUT2D eigenvalue weighted by molar-refractivity contribution is 5.73. The van der Waals surface area contributed by atoms with Crippen LogP contribution in [-0.4, -0.2) is 25.7 Å². The van der Waals surface area contributed by atoms with Gasteiger partial charge in [-0.05, 0) is 30.4 Å². The van der Waals surface area contributed by atoms with Crippen molar-refractivity contribution < 1.29 is 9.53 Å². The molecule has 3 unspecified atom stereocenters. The van der Waals surface area contributed by atoms with Crippen LogP contribution in [0.3, 0.4) is 0 Å². The lowest BCUT2D eigenvalue weighted by atomic mass is 9.73. The number of carbonyl (C=O) groups excluding carboxylic acids is 1. The first kappa shape index (κ1) is 11.7. The number of nitrogens with one attached hydrogen (secondary N) is 1. The third-order valence-corrected chi connectivity index (χ3v) is 4.30. The molecule has 0 bridgehead atoms. The summed E-state index contributed by atoms with van der Waals surface area (Å²) in [4.78, 5) is 11.7. The summed E-state index contributed by atoms with van der Waals surface area (Å²) in [5.74, 6) is 0.442. The summed E-state index contributed by atoms with van der Waals surface area (Å²) in [6.45, 7) is 0.748. The molecule has 3 rings (SSSR count). The van der Waals surface area contributed by atoms with Gasteiger partial charge in [0.1, 0.15) is 0 Å². The first-order valence-corrected chi connectivity index (χ1v) is 6.68. The van der Waals surface area contributed by atoms with Crippen LogP contribution in [0.2, 0.25) is 0 Å². The van der Waals surface area contributed by atoms with Crippen molar-refractivity contribution in [3.8, 4) is 0 Å².